The number of hydrogen-bond donors (Lipinski definition) is 0. The van der Waals surface area contributed by atoms with Crippen LogP contribution >= 0.6 is 11.3 Å². The molecule has 4 rings (SSSR count). The molecule has 1 aliphatic heterocycles. The Morgan fingerprint density at radius 1 is 1.14 bits per heavy atom. The number of anilines is 1. The summed E-state index contributed by atoms with van der Waals surface area (Å²) in [5, 5.41) is 1.06. The molecule has 3 nitrogen and oxygen atoms in total. The molecule has 1 aromatic heterocycles. The summed E-state index contributed by atoms with van der Waals surface area (Å²) in [6, 6.07) is 15.9. The van der Waals surface area contributed by atoms with E-state index in [4.69, 9.17) is 4.98 Å². The molecule has 1 aliphatic rings. The van der Waals surface area contributed by atoms with Gasteiger partial charge < -0.3 is 9.80 Å². The second-order valence-corrected chi connectivity index (χ2v) is 8.56. The first kappa shape index (κ1) is 19.1. The lowest BCUT2D eigenvalue weighted by molar-refractivity contribution is 0.315. The molecule has 2 heterocycles. The van der Waals surface area contributed by atoms with E-state index in [9.17, 15) is 4.39 Å². The minimum Gasteiger partial charge on any atom is -0.346 e. The fourth-order valence-corrected chi connectivity index (χ4v) is 4.83. The molecule has 0 saturated carbocycles. The molecule has 0 aliphatic carbocycles. The number of nitrogens with zero attached hydrogens (tertiary/aromatic N) is 3. The summed E-state index contributed by atoms with van der Waals surface area (Å²) in [4.78, 5) is 10.9. The molecule has 0 amide bonds. The van der Waals surface area contributed by atoms with Crippen LogP contribution in [0, 0.1) is 5.82 Å². The van der Waals surface area contributed by atoms with Gasteiger partial charge in [-0.1, -0.05) is 42.5 Å². The Morgan fingerprint density at radius 3 is 2.61 bits per heavy atom. The molecule has 1 saturated heterocycles. The molecule has 28 heavy (non-hydrogen) atoms. The van der Waals surface area contributed by atoms with Gasteiger partial charge in [-0.2, -0.15) is 0 Å². The van der Waals surface area contributed by atoms with Gasteiger partial charge in [0.25, 0.3) is 0 Å². The van der Waals surface area contributed by atoms with E-state index in [0.29, 0.717) is 6.04 Å². The first-order valence-electron chi connectivity index (χ1n) is 9.82. The van der Waals surface area contributed by atoms with Crippen molar-refractivity contribution in [2.75, 3.05) is 32.1 Å². The van der Waals surface area contributed by atoms with E-state index in [1.807, 2.05) is 12.1 Å². The van der Waals surface area contributed by atoms with Crippen molar-refractivity contribution < 1.29 is 4.39 Å². The molecule has 0 bridgehead atoms. The minimum absolute atomic E-state index is 0.220. The zero-order valence-corrected chi connectivity index (χ0v) is 17.5. The van der Waals surface area contributed by atoms with Gasteiger partial charge in [0.15, 0.2) is 5.13 Å². The Morgan fingerprint density at radius 2 is 1.93 bits per heavy atom. The topological polar surface area (TPSA) is 19.4 Å². The van der Waals surface area contributed by atoms with Gasteiger partial charge in [-0.3, -0.25) is 0 Å². The maximum absolute atomic E-state index is 13.5. The Hall–Kier alpha value is -2.24. The summed E-state index contributed by atoms with van der Waals surface area (Å²) in [5.74, 6) is -0.220. The smallest absolute Gasteiger partial charge is 0.186 e. The first-order valence-corrected chi connectivity index (χ1v) is 10.6. The van der Waals surface area contributed by atoms with E-state index in [0.717, 1.165) is 47.2 Å². The number of aromatic nitrogens is 1. The third-order valence-corrected chi connectivity index (χ3v) is 6.66. The quantitative estimate of drug-likeness (QED) is 0.583. The average molecular weight is 396 g/mol. The summed E-state index contributed by atoms with van der Waals surface area (Å²) in [6.07, 6.45) is 2.15. The zero-order valence-electron chi connectivity index (χ0n) is 16.7. The molecule has 1 fully saturated rings. The van der Waals surface area contributed by atoms with Crippen LogP contribution in [-0.4, -0.2) is 43.1 Å². The Bertz CT molecular complexity index is 949. The maximum atomic E-state index is 13.5. The van der Waals surface area contributed by atoms with Crippen LogP contribution in [0.1, 0.15) is 18.9 Å². The average Bonchev–Trinajstić information content (AvgIpc) is 3.36. The first-order chi connectivity index (χ1) is 13.5. The van der Waals surface area contributed by atoms with E-state index in [2.05, 4.69) is 55.1 Å². The van der Waals surface area contributed by atoms with Gasteiger partial charge in [0.1, 0.15) is 5.82 Å². The Balaban J connectivity index is 1.77. The predicted octanol–water partition coefficient (Wildman–Crippen LogP) is 5.32. The van der Waals surface area contributed by atoms with E-state index < -0.39 is 0 Å². The lowest BCUT2D eigenvalue weighted by Crippen LogP contribution is -2.31. The maximum Gasteiger partial charge on any atom is 0.186 e. The Labute approximate surface area is 170 Å². The lowest BCUT2D eigenvalue weighted by Gasteiger charge is -2.19. The van der Waals surface area contributed by atoms with Crippen molar-refractivity contribution in [1.82, 2.24) is 9.88 Å². The molecule has 1 unspecified atom stereocenters. The standard InChI is InChI=1S/C23H26FN3S/c1-4-16-6-5-7-18(14-16)22-21(17-8-10-19(24)11-9-17)25-23(28-22)27-13-12-20(15-27)26(2)3/h5-11,14,20H,4,12-13,15H2,1-3H3. The van der Waals surface area contributed by atoms with Crippen LogP contribution in [0.25, 0.3) is 21.7 Å². The zero-order chi connectivity index (χ0) is 19.7. The van der Waals surface area contributed by atoms with Crippen molar-refractivity contribution >= 4 is 16.5 Å². The van der Waals surface area contributed by atoms with Gasteiger partial charge >= 0.3 is 0 Å². The van der Waals surface area contributed by atoms with E-state index >= 15 is 0 Å². The normalized spacial score (nSPS) is 16.9. The van der Waals surface area contributed by atoms with Crippen LogP contribution in [0.4, 0.5) is 9.52 Å². The summed E-state index contributed by atoms with van der Waals surface area (Å²) in [6.45, 7) is 4.19. The number of hydrogen-bond acceptors (Lipinski definition) is 4. The molecule has 0 radical (unpaired) electrons. The van der Waals surface area contributed by atoms with Crippen molar-refractivity contribution in [1.29, 1.82) is 0 Å². The van der Waals surface area contributed by atoms with Crippen molar-refractivity contribution in [3.8, 4) is 21.7 Å². The Kier molecular flexibility index (Phi) is 5.47. The fourth-order valence-electron chi connectivity index (χ4n) is 3.71. The van der Waals surface area contributed by atoms with Crippen LogP contribution in [0.15, 0.2) is 48.5 Å². The van der Waals surface area contributed by atoms with Gasteiger partial charge in [-0.15, -0.1) is 0 Å². The fraction of sp³-hybridized carbons (Fsp3) is 0.348. The molecule has 0 N–H and O–H groups in total. The second-order valence-electron chi connectivity index (χ2n) is 7.59. The molecule has 0 spiro atoms. The molecular weight excluding hydrogens is 369 g/mol. The van der Waals surface area contributed by atoms with Crippen LogP contribution in [0.3, 0.4) is 0 Å². The van der Waals surface area contributed by atoms with Crippen LogP contribution in [0.5, 0.6) is 0 Å². The van der Waals surface area contributed by atoms with E-state index in [-0.39, 0.29) is 5.82 Å². The summed E-state index contributed by atoms with van der Waals surface area (Å²) < 4.78 is 13.5. The van der Waals surface area contributed by atoms with Gasteiger partial charge in [0.05, 0.1) is 10.6 Å². The predicted molar refractivity (Wildman–Crippen MR) is 117 cm³/mol. The molecule has 1 atom stereocenters. The number of aryl methyl sites for hydroxylation is 1. The van der Waals surface area contributed by atoms with E-state index in [1.54, 1.807) is 11.3 Å². The van der Waals surface area contributed by atoms with Crippen molar-refractivity contribution in [3.05, 3.63) is 59.9 Å². The summed E-state index contributed by atoms with van der Waals surface area (Å²) in [5.41, 5.74) is 4.41. The molecule has 2 aromatic carbocycles. The minimum atomic E-state index is -0.220. The number of rotatable bonds is 5. The van der Waals surface area contributed by atoms with Crippen LogP contribution in [-0.2, 0) is 6.42 Å². The molecule has 5 heteroatoms. The highest BCUT2D eigenvalue weighted by Crippen LogP contribution is 2.41. The molecular formula is C23H26FN3S. The van der Waals surface area contributed by atoms with Crippen molar-refractivity contribution in [2.24, 2.45) is 0 Å². The number of benzene rings is 2. The SMILES string of the molecule is CCc1cccc(-c2sc(N3CCC(N(C)C)C3)nc2-c2ccc(F)cc2)c1. The monoisotopic (exact) mass is 395 g/mol. The lowest BCUT2D eigenvalue weighted by atomic mass is 10.0. The van der Waals surface area contributed by atoms with Gasteiger partial charge in [-0.05, 0) is 62.3 Å². The van der Waals surface area contributed by atoms with Gasteiger partial charge in [0.2, 0.25) is 0 Å². The highest BCUT2D eigenvalue weighted by molar-refractivity contribution is 7.19. The van der Waals surface area contributed by atoms with Crippen molar-refractivity contribution in [2.45, 2.75) is 25.8 Å². The highest BCUT2D eigenvalue weighted by atomic mass is 32.1. The molecule has 146 valence electrons. The highest BCUT2D eigenvalue weighted by Gasteiger charge is 2.27. The van der Waals surface area contributed by atoms with Gasteiger partial charge in [-0.25, -0.2) is 9.37 Å². The van der Waals surface area contributed by atoms with Crippen LogP contribution in [0.2, 0.25) is 0 Å². The number of halogens is 1. The van der Waals surface area contributed by atoms with Gasteiger partial charge in [0, 0.05) is 24.7 Å². The third kappa shape index (κ3) is 3.82. The largest absolute Gasteiger partial charge is 0.346 e. The van der Waals surface area contributed by atoms with E-state index in [1.165, 1.54) is 23.3 Å². The van der Waals surface area contributed by atoms with Crippen LogP contribution < -0.4 is 4.90 Å². The second kappa shape index (κ2) is 8.02. The molecule has 3 aromatic rings. The summed E-state index contributed by atoms with van der Waals surface area (Å²) in [7, 11) is 4.28. The third-order valence-electron chi connectivity index (χ3n) is 5.50. The number of likely N-dealkylation sites (N-methyl/N-ethyl adjacent to an activating group) is 1. The van der Waals surface area contributed by atoms with Crippen molar-refractivity contribution in [3.63, 3.8) is 0 Å². The summed E-state index contributed by atoms with van der Waals surface area (Å²) >= 11 is 1.74. The number of thiazole rings is 1.